The monoisotopic (exact) mass is 343 g/mol. The maximum Gasteiger partial charge on any atom is 0.310 e. The summed E-state index contributed by atoms with van der Waals surface area (Å²) in [6.45, 7) is 2.01. The normalized spacial score (nSPS) is 10.8. The van der Waals surface area contributed by atoms with Gasteiger partial charge in [0.05, 0.1) is 11.9 Å². The number of carbonyl (C=O) groups is 1. The molecule has 3 rings (SSSR count). The molecular weight excluding hydrogens is 325 g/mol. The van der Waals surface area contributed by atoms with Crippen molar-refractivity contribution in [3.05, 3.63) is 48.0 Å². The lowest BCUT2D eigenvalue weighted by molar-refractivity contribution is -0.134. The van der Waals surface area contributed by atoms with Crippen LogP contribution in [-0.4, -0.2) is 27.6 Å². The van der Waals surface area contributed by atoms with Gasteiger partial charge in [-0.25, -0.2) is 13.9 Å². The fourth-order valence-electron chi connectivity index (χ4n) is 2.39. The number of hydrogen-bond acceptors (Lipinski definition) is 6. The maximum absolute atomic E-state index is 13.6. The topological polar surface area (TPSA) is 85.8 Å². The van der Waals surface area contributed by atoms with E-state index in [9.17, 15) is 9.18 Å². The summed E-state index contributed by atoms with van der Waals surface area (Å²) >= 11 is 0. The molecule has 2 N–H and O–H groups in total. The highest BCUT2D eigenvalue weighted by Crippen LogP contribution is 2.24. The van der Waals surface area contributed by atoms with E-state index >= 15 is 0 Å². The number of nitrogens with zero attached hydrogens (tertiary/aromatic N) is 4. The van der Waals surface area contributed by atoms with Gasteiger partial charge >= 0.3 is 5.97 Å². The number of anilines is 2. The lowest BCUT2D eigenvalue weighted by atomic mass is 10.2. The number of fused-ring (bicyclic) bond motifs is 1. The molecule has 130 valence electrons. The van der Waals surface area contributed by atoms with Gasteiger partial charge in [0.1, 0.15) is 17.4 Å². The highest BCUT2D eigenvalue weighted by molar-refractivity contribution is 5.72. The van der Waals surface area contributed by atoms with Crippen LogP contribution >= 0.6 is 0 Å². The average molecular weight is 343 g/mol. The predicted molar refractivity (Wildman–Crippen MR) is 91.8 cm³/mol. The molecule has 0 spiro atoms. The number of ether oxygens (including phenoxy) is 1. The molecule has 0 bridgehead atoms. The molecule has 0 saturated heterocycles. The molecule has 7 nitrogen and oxygen atoms in total. The Morgan fingerprint density at radius 3 is 2.96 bits per heavy atom. The Morgan fingerprint density at radius 2 is 2.20 bits per heavy atom. The Hall–Kier alpha value is -3.16. The number of carbonyl (C=O) groups excluding carboxylic acids is 1. The average Bonchev–Trinajstić information content (AvgIpc) is 2.97. The molecule has 0 aliphatic carbocycles. The molecule has 0 fully saturated rings. The van der Waals surface area contributed by atoms with Gasteiger partial charge in [-0.15, -0.1) is 0 Å². The van der Waals surface area contributed by atoms with Crippen molar-refractivity contribution in [2.75, 3.05) is 17.7 Å². The van der Waals surface area contributed by atoms with Gasteiger partial charge in [0.2, 0.25) is 0 Å². The molecule has 0 unspecified atom stereocenters. The molecule has 2 heterocycles. The predicted octanol–water partition coefficient (Wildman–Crippen LogP) is 2.40. The molecule has 3 aromatic rings. The van der Waals surface area contributed by atoms with Crippen LogP contribution in [0.15, 0.2) is 36.7 Å². The van der Waals surface area contributed by atoms with Gasteiger partial charge in [-0.1, -0.05) is 6.92 Å². The van der Waals surface area contributed by atoms with Crippen molar-refractivity contribution in [1.82, 2.24) is 14.6 Å². The zero-order valence-corrected chi connectivity index (χ0v) is 13.9. The van der Waals surface area contributed by atoms with Gasteiger partial charge in [0, 0.05) is 31.8 Å². The molecule has 0 amide bonds. The molecule has 0 aliphatic rings. The number of aromatic nitrogens is 3. The van der Waals surface area contributed by atoms with Crippen LogP contribution in [0.25, 0.3) is 5.65 Å². The number of esters is 1. The van der Waals surface area contributed by atoms with E-state index in [1.54, 1.807) is 23.7 Å². The molecule has 25 heavy (non-hydrogen) atoms. The zero-order chi connectivity index (χ0) is 18.0. The first-order valence-corrected chi connectivity index (χ1v) is 7.78. The highest BCUT2D eigenvalue weighted by Gasteiger charge is 2.13. The standard InChI is InChI=1S/C17H18FN5O2/c1-3-16(24)25-14-5-4-12(18)8-11(14)10-22(2)15-6-7-23-17(21-15)13(19)9-20-23/h4-9H,3,10,19H2,1-2H3. The summed E-state index contributed by atoms with van der Waals surface area (Å²) < 4.78 is 20.5. The Morgan fingerprint density at radius 1 is 1.40 bits per heavy atom. The first-order valence-electron chi connectivity index (χ1n) is 7.78. The molecular formula is C17H18FN5O2. The van der Waals surface area contributed by atoms with E-state index in [1.807, 2.05) is 11.9 Å². The fourth-order valence-corrected chi connectivity index (χ4v) is 2.39. The molecule has 8 heteroatoms. The molecule has 0 radical (unpaired) electrons. The minimum atomic E-state index is -0.400. The van der Waals surface area contributed by atoms with E-state index in [-0.39, 0.29) is 12.4 Å². The largest absolute Gasteiger partial charge is 0.426 e. The van der Waals surface area contributed by atoms with Gasteiger partial charge in [0.25, 0.3) is 0 Å². The smallest absolute Gasteiger partial charge is 0.310 e. The van der Waals surface area contributed by atoms with E-state index in [4.69, 9.17) is 10.5 Å². The van der Waals surface area contributed by atoms with Crippen LogP contribution < -0.4 is 15.4 Å². The van der Waals surface area contributed by atoms with Gasteiger partial charge in [-0.05, 0) is 24.3 Å². The van der Waals surface area contributed by atoms with E-state index in [2.05, 4.69) is 10.1 Å². The summed E-state index contributed by atoms with van der Waals surface area (Å²) in [5.41, 5.74) is 7.40. The summed E-state index contributed by atoms with van der Waals surface area (Å²) in [7, 11) is 1.81. The first-order chi connectivity index (χ1) is 12.0. The van der Waals surface area contributed by atoms with Crippen molar-refractivity contribution in [3.8, 4) is 5.75 Å². The highest BCUT2D eigenvalue weighted by atomic mass is 19.1. The van der Waals surface area contributed by atoms with Crippen molar-refractivity contribution in [2.24, 2.45) is 0 Å². The number of hydrogen-bond donors (Lipinski definition) is 1. The van der Waals surface area contributed by atoms with Crippen molar-refractivity contribution >= 4 is 23.1 Å². The summed E-state index contributed by atoms with van der Waals surface area (Å²) in [5, 5.41) is 4.07. The molecule has 0 saturated carbocycles. The summed E-state index contributed by atoms with van der Waals surface area (Å²) in [5.74, 6) is 0.201. The van der Waals surface area contributed by atoms with Crippen molar-refractivity contribution in [1.29, 1.82) is 0 Å². The third-order valence-electron chi connectivity index (χ3n) is 3.72. The fraction of sp³-hybridized carbons (Fsp3) is 0.235. The van der Waals surface area contributed by atoms with Crippen LogP contribution in [0.2, 0.25) is 0 Å². The molecule has 2 aromatic heterocycles. The summed E-state index contributed by atoms with van der Waals surface area (Å²) in [4.78, 5) is 17.8. The Balaban J connectivity index is 1.88. The summed E-state index contributed by atoms with van der Waals surface area (Å²) in [6, 6.07) is 5.84. The van der Waals surface area contributed by atoms with Gasteiger partial charge in [0.15, 0.2) is 5.65 Å². The second-order valence-electron chi connectivity index (χ2n) is 5.59. The minimum Gasteiger partial charge on any atom is -0.426 e. The molecule has 0 aliphatic heterocycles. The lowest BCUT2D eigenvalue weighted by Gasteiger charge is -2.20. The van der Waals surface area contributed by atoms with Gasteiger partial charge in [-0.2, -0.15) is 5.10 Å². The third kappa shape index (κ3) is 3.52. The number of rotatable bonds is 5. The van der Waals surface area contributed by atoms with E-state index < -0.39 is 5.82 Å². The number of nitrogen functional groups attached to an aromatic ring is 1. The number of halogens is 1. The Bertz CT molecular complexity index is 925. The van der Waals surface area contributed by atoms with Crippen LogP contribution in [0.3, 0.4) is 0 Å². The first kappa shape index (κ1) is 16.7. The van der Waals surface area contributed by atoms with Crippen LogP contribution in [-0.2, 0) is 11.3 Å². The Labute approximate surface area is 143 Å². The van der Waals surface area contributed by atoms with E-state index in [0.717, 1.165) is 0 Å². The van der Waals surface area contributed by atoms with Gasteiger partial charge in [-0.3, -0.25) is 4.79 Å². The maximum atomic E-state index is 13.6. The van der Waals surface area contributed by atoms with Gasteiger partial charge < -0.3 is 15.4 Å². The second kappa shape index (κ2) is 6.76. The minimum absolute atomic E-state index is 0.241. The lowest BCUT2D eigenvalue weighted by Crippen LogP contribution is -2.19. The summed E-state index contributed by atoms with van der Waals surface area (Å²) in [6.07, 6.45) is 3.51. The SMILES string of the molecule is CCC(=O)Oc1ccc(F)cc1CN(C)c1ccn2ncc(N)c2n1. The van der Waals surface area contributed by atoms with E-state index in [0.29, 0.717) is 35.0 Å². The van der Waals surface area contributed by atoms with Crippen molar-refractivity contribution in [2.45, 2.75) is 19.9 Å². The second-order valence-corrected chi connectivity index (χ2v) is 5.59. The van der Waals surface area contributed by atoms with Crippen molar-refractivity contribution in [3.63, 3.8) is 0 Å². The number of nitrogens with two attached hydrogens (primary N) is 1. The van der Waals surface area contributed by atoms with Crippen LogP contribution in [0.4, 0.5) is 15.9 Å². The molecule has 1 aromatic carbocycles. The van der Waals surface area contributed by atoms with E-state index in [1.165, 1.54) is 24.4 Å². The number of benzene rings is 1. The van der Waals surface area contributed by atoms with Crippen LogP contribution in [0, 0.1) is 5.82 Å². The molecule has 0 atom stereocenters. The van der Waals surface area contributed by atoms with Crippen LogP contribution in [0.5, 0.6) is 5.75 Å². The quantitative estimate of drug-likeness (QED) is 0.565. The zero-order valence-electron chi connectivity index (χ0n) is 13.9. The van der Waals surface area contributed by atoms with Crippen molar-refractivity contribution < 1.29 is 13.9 Å². The third-order valence-corrected chi connectivity index (χ3v) is 3.72. The van der Waals surface area contributed by atoms with Crippen LogP contribution in [0.1, 0.15) is 18.9 Å². The Kier molecular flexibility index (Phi) is 4.51.